The van der Waals surface area contributed by atoms with Crippen LogP contribution in [0.5, 0.6) is 11.5 Å². The van der Waals surface area contributed by atoms with Gasteiger partial charge in [-0.1, -0.05) is 35.9 Å². The lowest BCUT2D eigenvalue weighted by Gasteiger charge is -2.15. The van der Waals surface area contributed by atoms with Crippen LogP contribution < -0.4 is 14.8 Å². The Balaban J connectivity index is 1.71. The Morgan fingerprint density at radius 3 is 2.61 bits per heavy atom. The van der Waals surface area contributed by atoms with Crippen LogP contribution in [-0.2, 0) is 4.79 Å². The van der Waals surface area contributed by atoms with Crippen molar-refractivity contribution < 1.29 is 14.3 Å². The summed E-state index contributed by atoms with van der Waals surface area (Å²) in [7, 11) is 0. The highest BCUT2D eigenvalue weighted by molar-refractivity contribution is 6.31. The molecular formula is C18H20ClNO3. The van der Waals surface area contributed by atoms with Crippen molar-refractivity contribution in [2.75, 3.05) is 13.2 Å². The molecular weight excluding hydrogens is 314 g/mol. The van der Waals surface area contributed by atoms with E-state index in [0.717, 1.165) is 5.56 Å². The molecule has 0 bridgehead atoms. The van der Waals surface area contributed by atoms with E-state index >= 15 is 0 Å². The Morgan fingerprint density at radius 1 is 1.17 bits per heavy atom. The van der Waals surface area contributed by atoms with Crippen LogP contribution in [0.2, 0.25) is 5.02 Å². The van der Waals surface area contributed by atoms with Crippen molar-refractivity contribution in [2.45, 2.75) is 20.0 Å². The van der Waals surface area contributed by atoms with Crippen molar-refractivity contribution in [3.8, 4) is 11.5 Å². The van der Waals surface area contributed by atoms with Gasteiger partial charge in [0.25, 0.3) is 5.91 Å². The minimum atomic E-state index is -0.564. The molecule has 0 aliphatic carbocycles. The predicted molar refractivity (Wildman–Crippen MR) is 91.2 cm³/mol. The van der Waals surface area contributed by atoms with Gasteiger partial charge in [0, 0.05) is 5.02 Å². The maximum absolute atomic E-state index is 11.9. The average Bonchev–Trinajstić information content (AvgIpc) is 2.55. The Morgan fingerprint density at radius 2 is 1.91 bits per heavy atom. The molecule has 0 aliphatic heterocycles. The molecule has 2 rings (SSSR count). The SMILES string of the molecule is Cc1ccc(OCCNC(=O)[C@@H](C)Oc2ccccc2)cc1Cl. The molecule has 1 amide bonds. The molecule has 4 nitrogen and oxygen atoms in total. The number of benzene rings is 2. The third-order valence-corrected chi connectivity index (χ3v) is 3.65. The van der Waals surface area contributed by atoms with Gasteiger partial charge in [0.1, 0.15) is 18.1 Å². The van der Waals surface area contributed by atoms with Crippen LogP contribution in [0.4, 0.5) is 0 Å². The smallest absolute Gasteiger partial charge is 0.260 e. The lowest BCUT2D eigenvalue weighted by molar-refractivity contribution is -0.127. The zero-order chi connectivity index (χ0) is 16.7. The van der Waals surface area contributed by atoms with Gasteiger partial charge in [-0.05, 0) is 43.7 Å². The van der Waals surface area contributed by atoms with Crippen LogP contribution >= 0.6 is 11.6 Å². The van der Waals surface area contributed by atoms with Crippen LogP contribution in [0.15, 0.2) is 48.5 Å². The van der Waals surface area contributed by atoms with Crippen LogP contribution in [0.1, 0.15) is 12.5 Å². The maximum atomic E-state index is 11.9. The van der Waals surface area contributed by atoms with Gasteiger partial charge in [-0.2, -0.15) is 0 Å². The molecule has 1 atom stereocenters. The van der Waals surface area contributed by atoms with Crippen LogP contribution in [0, 0.1) is 6.92 Å². The summed E-state index contributed by atoms with van der Waals surface area (Å²) in [5.74, 6) is 1.17. The minimum Gasteiger partial charge on any atom is -0.492 e. The molecule has 0 unspecified atom stereocenters. The molecule has 0 heterocycles. The van der Waals surface area contributed by atoms with Crippen LogP contribution in [0.3, 0.4) is 0 Å². The standard InChI is InChI=1S/C18H20ClNO3/c1-13-8-9-16(12-17(13)19)22-11-10-20-18(21)14(2)23-15-6-4-3-5-7-15/h3-9,12,14H,10-11H2,1-2H3,(H,20,21)/t14-/m1/s1. The van der Waals surface area contributed by atoms with E-state index < -0.39 is 6.10 Å². The number of hydrogen-bond acceptors (Lipinski definition) is 3. The Kier molecular flexibility index (Phi) is 6.29. The van der Waals surface area contributed by atoms with E-state index in [1.807, 2.05) is 49.4 Å². The molecule has 0 radical (unpaired) electrons. The molecule has 23 heavy (non-hydrogen) atoms. The number of nitrogens with one attached hydrogen (secondary N) is 1. The molecule has 0 aliphatic rings. The number of halogens is 1. The second kappa shape index (κ2) is 8.44. The summed E-state index contributed by atoms with van der Waals surface area (Å²) >= 11 is 6.03. The summed E-state index contributed by atoms with van der Waals surface area (Å²) in [6, 6.07) is 14.8. The largest absolute Gasteiger partial charge is 0.492 e. The molecule has 0 aromatic heterocycles. The molecule has 0 spiro atoms. The van der Waals surface area contributed by atoms with Gasteiger partial charge in [0.05, 0.1) is 6.54 Å². The van der Waals surface area contributed by atoms with Crippen molar-refractivity contribution in [1.29, 1.82) is 0 Å². The monoisotopic (exact) mass is 333 g/mol. The van der Waals surface area contributed by atoms with Gasteiger partial charge < -0.3 is 14.8 Å². The first-order chi connectivity index (χ1) is 11.1. The van der Waals surface area contributed by atoms with Gasteiger partial charge in [-0.25, -0.2) is 0 Å². The highest BCUT2D eigenvalue weighted by Crippen LogP contribution is 2.21. The number of carbonyl (C=O) groups is 1. The lowest BCUT2D eigenvalue weighted by atomic mass is 10.2. The second-order valence-corrected chi connectivity index (χ2v) is 5.53. The lowest BCUT2D eigenvalue weighted by Crippen LogP contribution is -2.38. The van der Waals surface area contributed by atoms with Crippen LogP contribution in [-0.4, -0.2) is 25.2 Å². The van der Waals surface area contributed by atoms with E-state index in [2.05, 4.69) is 5.32 Å². The highest BCUT2D eigenvalue weighted by Gasteiger charge is 2.13. The third kappa shape index (κ3) is 5.49. The number of aryl methyl sites for hydroxylation is 1. The minimum absolute atomic E-state index is 0.181. The van der Waals surface area contributed by atoms with E-state index in [0.29, 0.717) is 29.7 Å². The zero-order valence-electron chi connectivity index (χ0n) is 13.2. The van der Waals surface area contributed by atoms with E-state index in [9.17, 15) is 4.79 Å². The van der Waals surface area contributed by atoms with Gasteiger partial charge in [0.2, 0.25) is 0 Å². The molecule has 1 N–H and O–H groups in total. The molecule has 122 valence electrons. The molecule has 2 aromatic rings. The fourth-order valence-electron chi connectivity index (χ4n) is 1.91. The molecule has 0 fully saturated rings. The van der Waals surface area contributed by atoms with Gasteiger partial charge in [0.15, 0.2) is 6.10 Å². The summed E-state index contributed by atoms with van der Waals surface area (Å²) in [5.41, 5.74) is 0.999. The van der Waals surface area contributed by atoms with E-state index in [1.165, 1.54) is 0 Å². The second-order valence-electron chi connectivity index (χ2n) is 5.12. The predicted octanol–water partition coefficient (Wildman–Crippen LogP) is 3.61. The van der Waals surface area contributed by atoms with Crippen molar-refractivity contribution >= 4 is 17.5 Å². The number of amides is 1. The Hall–Kier alpha value is -2.20. The third-order valence-electron chi connectivity index (χ3n) is 3.24. The van der Waals surface area contributed by atoms with E-state index in [1.54, 1.807) is 13.0 Å². The summed E-state index contributed by atoms with van der Waals surface area (Å²) in [6.07, 6.45) is -0.564. The van der Waals surface area contributed by atoms with E-state index in [-0.39, 0.29) is 5.91 Å². The fourth-order valence-corrected chi connectivity index (χ4v) is 2.08. The summed E-state index contributed by atoms with van der Waals surface area (Å²) in [6.45, 7) is 4.40. The van der Waals surface area contributed by atoms with Gasteiger partial charge >= 0.3 is 0 Å². The molecule has 2 aromatic carbocycles. The first-order valence-electron chi connectivity index (χ1n) is 7.44. The first-order valence-corrected chi connectivity index (χ1v) is 7.82. The fraction of sp³-hybridized carbons (Fsp3) is 0.278. The van der Waals surface area contributed by atoms with Crippen molar-refractivity contribution in [2.24, 2.45) is 0 Å². The number of para-hydroxylation sites is 1. The quantitative estimate of drug-likeness (QED) is 0.787. The van der Waals surface area contributed by atoms with Crippen molar-refractivity contribution in [3.05, 3.63) is 59.1 Å². The topological polar surface area (TPSA) is 47.6 Å². The number of hydrogen-bond donors (Lipinski definition) is 1. The number of rotatable bonds is 7. The number of ether oxygens (including phenoxy) is 2. The first kappa shape index (κ1) is 17.2. The number of carbonyl (C=O) groups excluding carboxylic acids is 1. The van der Waals surface area contributed by atoms with Gasteiger partial charge in [-0.15, -0.1) is 0 Å². The maximum Gasteiger partial charge on any atom is 0.260 e. The molecule has 0 saturated heterocycles. The van der Waals surface area contributed by atoms with Crippen molar-refractivity contribution in [1.82, 2.24) is 5.32 Å². The summed E-state index contributed by atoms with van der Waals surface area (Å²) in [4.78, 5) is 11.9. The van der Waals surface area contributed by atoms with E-state index in [4.69, 9.17) is 21.1 Å². The zero-order valence-corrected chi connectivity index (χ0v) is 14.0. The van der Waals surface area contributed by atoms with Gasteiger partial charge in [-0.3, -0.25) is 4.79 Å². The Bertz CT molecular complexity index is 646. The highest BCUT2D eigenvalue weighted by atomic mass is 35.5. The Labute approximate surface area is 141 Å². The normalized spacial score (nSPS) is 11.6. The molecule has 5 heteroatoms. The average molecular weight is 334 g/mol. The summed E-state index contributed by atoms with van der Waals surface area (Å²) < 4.78 is 11.1. The molecule has 0 saturated carbocycles. The summed E-state index contributed by atoms with van der Waals surface area (Å²) in [5, 5.41) is 3.44. The van der Waals surface area contributed by atoms with Crippen LogP contribution in [0.25, 0.3) is 0 Å². The van der Waals surface area contributed by atoms with Crippen molar-refractivity contribution in [3.63, 3.8) is 0 Å².